The normalized spacial score (nSPS) is 41.9. The SMILES string of the molecule is FC(F)(F)[C@H]1C[C@@H]2C=C[C@H]1C2. The number of hydrogen-bond donors (Lipinski definition) is 0. The van der Waals surface area contributed by atoms with Crippen LogP contribution in [0.3, 0.4) is 0 Å². The van der Waals surface area contributed by atoms with Gasteiger partial charge in [0.2, 0.25) is 0 Å². The molecule has 0 aromatic carbocycles. The van der Waals surface area contributed by atoms with E-state index in [9.17, 15) is 13.2 Å². The third kappa shape index (κ3) is 1.06. The van der Waals surface area contributed by atoms with E-state index in [2.05, 4.69) is 0 Å². The summed E-state index contributed by atoms with van der Waals surface area (Å²) in [5.41, 5.74) is 0. The van der Waals surface area contributed by atoms with Crippen LogP contribution in [0.15, 0.2) is 12.2 Å². The molecule has 0 radical (unpaired) electrons. The van der Waals surface area contributed by atoms with Crippen LogP contribution in [0.4, 0.5) is 13.2 Å². The molecule has 0 aliphatic heterocycles. The van der Waals surface area contributed by atoms with Gasteiger partial charge in [-0.1, -0.05) is 12.2 Å². The van der Waals surface area contributed by atoms with E-state index in [0.717, 1.165) is 6.42 Å². The zero-order valence-corrected chi connectivity index (χ0v) is 5.93. The Morgan fingerprint density at radius 1 is 1.09 bits per heavy atom. The second kappa shape index (κ2) is 2.02. The van der Waals surface area contributed by atoms with E-state index in [1.807, 2.05) is 6.08 Å². The average Bonchev–Trinajstić information content (AvgIpc) is 2.42. The van der Waals surface area contributed by atoms with E-state index in [1.54, 1.807) is 6.08 Å². The highest BCUT2D eigenvalue weighted by Crippen LogP contribution is 2.50. The summed E-state index contributed by atoms with van der Waals surface area (Å²) < 4.78 is 36.6. The molecule has 62 valence electrons. The third-order valence-electron chi connectivity index (χ3n) is 2.70. The predicted molar refractivity (Wildman–Crippen MR) is 34.9 cm³/mol. The number of rotatable bonds is 0. The van der Waals surface area contributed by atoms with Gasteiger partial charge in [-0.05, 0) is 24.7 Å². The second-order valence-electron chi connectivity index (χ2n) is 3.43. The van der Waals surface area contributed by atoms with E-state index in [1.165, 1.54) is 0 Å². The molecule has 0 nitrogen and oxygen atoms in total. The lowest BCUT2D eigenvalue weighted by Crippen LogP contribution is -2.26. The standard InChI is InChI=1S/C8H9F3/c9-8(10,11)7-4-5-1-2-6(7)3-5/h1-2,5-7H,3-4H2/t5-,6+,7+/m1/s1. The maximum atomic E-state index is 12.2. The lowest BCUT2D eigenvalue weighted by Gasteiger charge is -2.20. The minimum absolute atomic E-state index is 0.208. The van der Waals surface area contributed by atoms with E-state index in [4.69, 9.17) is 0 Å². The molecular weight excluding hydrogens is 153 g/mol. The van der Waals surface area contributed by atoms with Gasteiger partial charge in [0.25, 0.3) is 0 Å². The lowest BCUT2D eigenvalue weighted by atomic mass is 9.93. The molecule has 2 aliphatic rings. The van der Waals surface area contributed by atoms with Crippen molar-refractivity contribution in [3.8, 4) is 0 Å². The van der Waals surface area contributed by atoms with Crippen LogP contribution in [-0.2, 0) is 0 Å². The number of allylic oxidation sites excluding steroid dienone is 2. The molecule has 2 aliphatic carbocycles. The maximum Gasteiger partial charge on any atom is 0.392 e. The molecule has 0 unspecified atom stereocenters. The first kappa shape index (κ1) is 7.19. The minimum Gasteiger partial charge on any atom is -0.171 e. The highest BCUT2D eigenvalue weighted by atomic mass is 19.4. The number of halogens is 3. The largest absolute Gasteiger partial charge is 0.392 e. The van der Waals surface area contributed by atoms with Gasteiger partial charge in [-0.15, -0.1) is 0 Å². The van der Waals surface area contributed by atoms with Crippen LogP contribution in [0.2, 0.25) is 0 Å². The number of alkyl halides is 3. The summed E-state index contributed by atoms with van der Waals surface area (Å²) in [6, 6.07) is 0. The fourth-order valence-electron chi connectivity index (χ4n) is 2.16. The topological polar surface area (TPSA) is 0 Å². The van der Waals surface area contributed by atoms with Crippen molar-refractivity contribution in [1.29, 1.82) is 0 Å². The fourth-order valence-corrected chi connectivity index (χ4v) is 2.16. The van der Waals surface area contributed by atoms with Crippen molar-refractivity contribution in [2.75, 3.05) is 0 Å². The molecule has 0 aromatic rings. The number of hydrogen-bond acceptors (Lipinski definition) is 0. The molecule has 1 fully saturated rings. The van der Waals surface area contributed by atoms with Crippen LogP contribution >= 0.6 is 0 Å². The van der Waals surface area contributed by atoms with Crippen molar-refractivity contribution in [1.82, 2.24) is 0 Å². The summed E-state index contributed by atoms with van der Waals surface area (Å²) in [7, 11) is 0. The van der Waals surface area contributed by atoms with Crippen LogP contribution in [0, 0.1) is 17.8 Å². The van der Waals surface area contributed by atoms with Crippen molar-refractivity contribution in [3.63, 3.8) is 0 Å². The van der Waals surface area contributed by atoms with Gasteiger partial charge in [0.15, 0.2) is 0 Å². The van der Waals surface area contributed by atoms with Crippen molar-refractivity contribution in [3.05, 3.63) is 12.2 Å². The van der Waals surface area contributed by atoms with Gasteiger partial charge in [0.1, 0.15) is 0 Å². The Balaban J connectivity index is 2.15. The molecule has 0 N–H and O–H groups in total. The quantitative estimate of drug-likeness (QED) is 0.480. The Labute approximate surface area is 63.1 Å². The molecular formula is C8H9F3. The first-order chi connectivity index (χ1) is 5.07. The summed E-state index contributed by atoms with van der Waals surface area (Å²) in [6.45, 7) is 0. The van der Waals surface area contributed by atoms with E-state index in [0.29, 0.717) is 6.42 Å². The third-order valence-corrected chi connectivity index (χ3v) is 2.70. The summed E-state index contributed by atoms with van der Waals surface area (Å²) in [6.07, 6.45) is 0.734. The molecule has 2 bridgehead atoms. The number of fused-ring (bicyclic) bond motifs is 2. The molecule has 3 heteroatoms. The van der Waals surface area contributed by atoms with Crippen LogP contribution in [-0.4, -0.2) is 6.18 Å². The first-order valence-corrected chi connectivity index (χ1v) is 3.82. The van der Waals surface area contributed by atoms with Crippen molar-refractivity contribution < 1.29 is 13.2 Å². The van der Waals surface area contributed by atoms with Crippen LogP contribution in [0.1, 0.15) is 12.8 Å². The second-order valence-corrected chi connectivity index (χ2v) is 3.43. The molecule has 11 heavy (non-hydrogen) atoms. The van der Waals surface area contributed by atoms with Crippen LogP contribution in [0.5, 0.6) is 0 Å². The Bertz CT molecular complexity index is 192. The van der Waals surface area contributed by atoms with E-state index in [-0.39, 0.29) is 11.8 Å². The smallest absolute Gasteiger partial charge is 0.171 e. The van der Waals surface area contributed by atoms with Gasteiger partial charge in [-0.3, -0.25) is 0 Å². The highest BCUT2D eigenvalue weighted by molar-refractivity contribution is 5.11. The molecule has 2 rings (SSSR count). The minimum atomic E-state index is -3.97. The summed E-state index contributed by atoms with van der Waals surface area (Å²) in [4.78, 5) is 0. The summed E-state index contributed by atoms with van der Waals surface area (Å²) in [5, 5.41) is 0. The average molecular weight is 162 g/mol. The van der Waals surface area contributed by atoms with Crippen LogP contribution < -0.4 is 0 Å². The monoisotopic (exact) mass is 162 g/mol. The van der Waals surface area contributed by atoms with Crippen LogP contribution in [0.25, 0.3) is 0 Å². The van der Waals surface area contributed by atoms with Gasteiger partial charge < -0.3 is 0 Å². The summed E-state index contributed by atoms with van der Waals surface area (Å²) in [5.74, 6) is -1.04. The zero-order valence-electron chi connectivity index (χ0n) is 5.93. The van der Waals surface area contributed by atoms with E-state index >= 15 is 0 Å². The van der Waals surface area contributed by atoms with Crippen molar-refractivity contribution in [2.24, 2.45) is 17.8 Å². The molecule has 0 saturated heterocycles. The zero-order chi connectivity index (χ0) is 8.06. The molecule has 3 atom stereocenters. The summed E-state index contributed by atoms with van der Waals surface area (Å²) >= 11 is 0. The van der Waals surface area contributed by atoms with Gasteiger partial charge in [0, 0.05) is 0 Å². The Hall–Kier alpha value is -0.470. The Kier molecular flexibility index (Phi) is 1.32. The fraction of sp³-hybridized carbons (Fsp3) is 0.750. The van der Waals surface area contributed by atoms with Gasteiger partial charge in [-0.25, -0.2) is 0 Å². The van der Waals surface area contributed by atoms with Gasteiger partial charge >= 0.3 is 6.18 Å². The van der Waals surface area contributed by atoms with Gasteiger partial charge in [0.05, 0.1) is 5.92 Å². The maximum absolute atomic E-state index is 12.2. The highest BCUT2D eigenvalue weighted by Gasteiger charge is 2.50. The lowest BCUT2D eigenvalue weighted by molar-refractivity contribution is -0.180. The molecule has 0 spiro atoms. The Morgan fingerprint density at radius 2 is 1.82 bits per heavy atom. The molecule has 0 amide bonds. The molecule has 0 aromatic heterocycles. The van der Waals surface area contributed by atoms with Crippen molar-refractivity contribution in [2.45, 2.75) is 19.0 Å². The molecule has 1 saturated carbocycles. The predicted octanol–water partition coefficient (Wildman–Crippen LogP) is 2.76. The molecule has 0 heterocycles. The first-order valence-electron chi connectivity index (χ1n) is 3.82. The van der Waals surface area contributed by atoms with Gasteiger partial charge in [-0.2, -0.15) is 13.2 Å². The Morgan fingerprint density at radius 3 is 2.09 bits per heavy atom. The van der Waals surface area contributed by atoms with Crippen molar-refractivity contribution >= 4 is 0 Å². The van der Waals surface area contributed by atoms with E-state index < -0.39 is 12.1 Å².